The van der Waals surface area contributed by atoms with Gasteiger partial charge in [-0.2, -0.15) is 8.42 Å². The lowest BCUT2D eigenvalue weighted by Crippen LogP contribution is -2.39. The van der Waals surface area contributed by atoms with Gasteiger partial charge in [0.05, 0.1) is 11.5 Å². The van der Waals surface area contributed by atoms with Crippen LogP contribution in [-0.4, -0.2) is 40.1 Å². The van der Waals surface area contributed by atoms with Crippen LogP contribution in [0.3, 0.4) is 0 Å². The van der Waals surface area contributed by atoms with Crippen LogP contribution in [0.4, 0.5) is 4.39 Å². The van der Waals surface area contributed by atoms with E-state index in [0.717, 1.165) is 30.6 Å². The monoisotopic (exact) mass is 377 g/mol. The Kier molecular flexibility index (Phi) is 5.75. The zero-order chi connectivity index (χ0) is 18.7. The molecule has 2 aromatic rings. The van der Waals surface area contributed by atoms with Crippen molar-refractivity contribution in [3.63, 3.8) is 0 Å². The van der Waals surface area contributed by atoms with Gasteiger partial charge in [-0.3, -0.25) is 4.18 Å². The third kappa shape index (κ3) is 4.50. The third-order valence-corrected chi connectivity index (χ3v) is 6.28. The molecular weight excluding hydrogens is 353 g/mol. The first-order valence-electron chi connectivity index (χ1n) is 8.75. The van der Waals surface area contributed by atoms with Crippen molar-refractivity contribution in [2.45, 2.75) is 24.2 Å². The van der Waals surface area contributed by atoms with Gasteiger partial charge in [-0.05, 0) is 62.7 Å². The Hall–Kier alpha value is -1.76. The number of halogens is 1. The fourth-order valence-corrected chi connectivity index (χ4v) is 4.44. The summed E-state index contributed by atoms with van der Waals surface area (Å²) in [7, 11) is -1.77. The van der Waals surface area contributed by atoms with Gasteiger partial charge in [0, 0.05) is 12.5 Å². The van der Waals surface area contributed by atoms with Crippen LogP contribution < -0.4 is 0 Å². The molecule has 1 saturated heterocycles. The molecule has 0 radical (unpaired) electrons. The molecule has 0 amide bonds. The molecule has 0 saturated carbocycles. The molecule has 6 heteroatoms. The van der Waals surface area contributed by atoms with Crippen molar-refractivity contribution >= 4 is 10.1 Å². The van der Waals surface area contributed by atoms with Crippen molar-refractivity contribution in [1.82, 2.24) is 4.90 Å². The van der Waals surface area contributed by atoms with Crippen LogP contribution in [-0.2, 0) is 14.3 Å². The minimum Gasteiger partial charge on any atom is -0.306 e. The summed E-state index contributed by atoms with van der Waals surface area (Å²) in [5.74, 6) is -0.0871. The van der Waals surface area contributed by atoms with Crippen LogP contribution in [0.25, 0.3) is 0 Å². The predicted octanol–water partition coefficient (Wildman–Crippen LogP) is 3.57. The van der Waals surface area contributed by atoms with Gasteiger partial charge in [0.1, 0.15) is 5.82 Å². The highest BCUT2D eigenvalue weighted by molar-refractivity contribution is 7.86. The second-order valence-electron chi connectivity index (χ2n) is 7.02. The maximum Gasteiger partial charge on any atom is 0.296 e. The molecule has 0 aromatic heterocycles. The van der Waals surface area contributed by atoms with Crippen LogP contribution in [0.5, 0.6) is 0 Å². The topological polar surface area (TPSA) is 46.6 Å². The molecule has 3 rings (SSSR count). The van der Waals surface area contributed by atoms with Crippen molar-refractivity contribution in [1.29, 1.82) is 0 Å². The molecule has 0 aliphatic carbocycles. The van der Waals surface area contributed by atoms with Crippen molar-refractivity contribution in [3.05, 3.63) is 65.5 Å². The molecule has 0 bridgehead atoms. The van der Waals surface area contributed by atoms with E-state index in [2.05, 4.69) is 4.90 Å². The van der Waals surface area contributed by atoms with Gasteiger partial charge in [0.2, 0.25) is 0 Å². The van der Waals surface area contributed by atoms with Gasteiger partial charge in [0.15, 0.2) is 0 Å². The second kappa shape index (κ2) is 7.86. The maximum atomic E-state index is 13.2. The van der Waals surface area contributed by atoms with E-state index < -0.39 is 10.1 Å². The van der Waals surface area contributed by atoms with Crippen LogP contribution >= 0.6 is 0 Å². The largest absolute Gasteiger partial charge is 0.306 e. The summed E-state index contributed by atoms with van der Waals surface area (Å²) in [6.07, 6.45) is 0.890. The first kappa shape index (κ1) is 19.0. The van der Waals surface area contributed by atoms with Crippen LogP contribution in [0.1, 0.15) is 23.5 Å². The number of rotatable bonds is 5. The number of hydrogen-bond donors (Lipinski definition) is 0. The van der Waals surface area contributed by atoms with Gasteiger partial charge in [-0.25, -0.2) is 4.39 Å². The second-order valence-corrected chi connectivity index (χ2v) is 8.64. The molecule has 2 aromatic carbocycles. The predicted molar refractivity (Wildman–Crippen MR) is 99.1 cm³/mol. The Morgan fingerprint density at radius 2 is 1.77 bits per heavy atom. The Balaban J connectivity index is 1.74. The number of benzene rings is 2. The highest BCUT2D eigenvalue weighted by Crippen LogP contribution is 2.33. The SMILES string of the molecule is Cc1ccc(S(=O)(=O)OCC2CN(C)CCC2c2ccc(F)cc2)cc1. The highest BCUT2D eigenvalue weighted by Gasteiger charge is 2.31. The summed E-state index contributed by atoms with van der Waals surface area (Å²) in [6.45, 7) is 3.68. The highest BCUT2D eigenvalue weighted by atomic mass is 32.2. The van der Waals surface area contributed by atoms with Gasteiger partial charge in [0.25, 0.3) is 10.1 Å². The average molecular weight is 377 g/mol. The molecule has 0 spiro atoms. The van der Waals surface area contributed by atoms with E-state index in [9.17, 15) is 12.8 Å². The molecule has 0 N–H and O–H groups in total. The average Bonchev–Trinajstić information content (AvgIpc) is 2.61. The molecule has 140 valence electrons. The van der Waals surface area contributed by atoms with Crippen LogP contribution in [0.15, 0.2) is 53.4 Å². The molecule has 1 fully saturated rings. The molecule has 1 heterocycles. The van der Waals surface area contributed by atoms with Gasteiger partial charge < -0.3 is 4.90 Å². The number of piperidine rings is 1. The maximum absolute atomic E-state index is 13.2. The first-order valence-corrected chi connectivity index (χ1v) is 10.2. The number of hydrogen-bond acceptors (Lipinski definition) is 4. The molecule has 26 heavy (non-hydrogen) atoms. The zero-order valence-electron chi connectivity index (χ0n) is 15.1. The van der Waals surface area contributed by atoms with Crippen molar-refractivity contribution in [2.75, 3.05) is 26.7 Å². The van der Waals surface area contributed by atoms with E-state index in [-0.39, 0.29) is 29.2 Å². The lowest BCUT2D eigenvalue weighted by atomic mass is 9.81. The summed E-state index contributed by atoms with van der Waals surface area (Å²) in [4.78, 5) is 2.35. The van der Waals surface area contributed by atoms with Gasteiger partial charge in [-0.15, -0.1) is 0 Å². The molecule has 4 nitrogen and oxygen atoms in total. The molecule has 1 aliphatic heterocycles. The molecule has 2 unspecified atom stereocenters. The van der Waals surface area contributed by atoms with Crippen molar-refractivity contribution < 1.29 is 17.0 Å². The standard InChI is InChI=1S/C20H24FNO3S/c1-15-3-9-19(10-4-15)26(23,24)25-14-17-13-22(2)12-11-20(17)16-5-7-18(21)8-6-16/h3-10,17,20H,11-14H2,1-2H3. The fraction of sp³-hybridized carbons (Fsp3) is 0.400. The Morgan fingerprint density at radius 1 is 1.12 bits per heavy atom. The van der Waals surface area contributed by atoms with Crippen LogP contribution in [0.2, 0.25) is 0 Å². The molecular formula is C20H24FNO3S. The van der Waals surface area contributed by atoms with E-state index in [4.69, 9.17) is 4.18 Å². The lowest BCUT2D eigenvalue weighted by Gasteiger charge is -2.36. The summed E-state index contributed by atoms with van der Waals surface area (Å²) >= 11 is 0. The Bertz CT molecular complexity index is 834. The van der Waals surface area contributed by atoms with E-state index in [1.807, 2.05) is 14.0 Å². The quantitative estimate of drug-likeness (QED) is 0.748. The fourth-order valence-electron chi connectivity index (χ4n) is 3.48. The third-order valence-electron chi connectivity index (χ3n) is 4.98. The minimum atomic E-state index is -3.78. The summed E-state index contributed by atoms with van der Waals surface area (Å²) in [5.41, 5.74) is 2.02. The Morgan fingerprint density at radius 3 is 2.42 bits per heavy atom. The summed E-state index contributed by atoms with van der Waals surface area (Å²) < 4.78 is 43.6. The van der Waals surface area contributed by atoms with Crippen molar-refractivity contribution in [3.8, 4) is 0 Å². The van der Waals surface area contributed by atoms with E-state index in [0.29, 0.717) is 0 Å². The smallest absolute Gasteiger partial charge is 0.296 e. The first-order chi connectivity index (χ1) is 12.3. The van der Waals surface area contributed by atoms with Crippen molar-refractivity contribution in [2.24, 2.45) is 5.92 Å². The summed E-state index contributed by atoms with van der Waals surface area (Å²) in [6, 6.07) is 13.1. The van der Waals surface area contributed by atoms with E-state index in [1.54, 1.807) is 36.4 Å². The van der Waals surface area contributed by atoms with E-state index in [1.165, 1.54) is 12.1 Å². The molecule has 2 atom stereocenters. The lowest BCUT2D eigenvalue weighted by molar-refractivity contribution is 0.132. The normalized spacial score (nSPS) is 21.7. The van der Waals surface area contributed by atoms with Gasteiger partial charge in [-0.1, -0.05) is 29.8 Å². The number of aryl methyl sites for hydroxylation is 1. The number of nitrogens with zero attached hydrogens (tertiary/aromatic N) is 1. The summed E-state index contributed by atoms with van der Waals surface area (Å²) in [5, 5.41) is 0. The van der Waals surface area contributed by atoms with Gasteiger partial charge >= 0.3 is 0 Å². The molecule has 1 aliphatic rings. The number of likely N-dealkylation sites (tertiary alicyclic amines) is 1. The van der Waals surface area contributed by atoms with Crippen LogP contribution in [0, 0.1) is 18.7 Å². The Labute approximate surface area is 154 Å². The zero-order valence-corrected chi connectivity index (χ0v) is 15.9. The minimum absolute atomic E-state index is 0.0273. The van der Waals surface area contributed by atoms with E-state index >= 15 is 0 Å².